The van der Waals surface area contributed by atoms with Crippen molar-refractivity contribution in [1.82, 2.24) is 0 Å². The van der Waals surface area contributed by atoms with E-state index in [0.29, 0.717) is 5.66 Å². The minimum absolute atomic E-state index is 0. The van der Waals surface area contributed by atoms with E-state index in [9.17, 15) is 0 Å². The fourth-order valence-electron chi connectivity index (χ4n) is 3.01. The van der Waals surface area contributed by atoms with Crippen LogP contribution >= 0.6 is 21.6 Å². The number of halogens is 1. The number of benzene rings is 1. The topological polar surface area (TPSA) is 0 Å². The lowest BCUT2D eigenvalue weighted by atomic mass is 9.89. The van der Waals surface area contributed by atoms with E-state index in [0.717, 1.165) is 0 Å². The molecule has 2 atom stereocenters. The smallest absolute Gasteiger partial charge is 0.0195 e. The van der Waals surface area contributed by atoms with Crippen molar-refractivity contribution in [2.24, 2.45) is 0 Å². The number of rotatable bonds is 11. The summed E-state index contributed by atoms with van der Waals surface area (Å²) in [7, 11) is 3.12. The fourth-order valence-corrected chi connectivity index (χ4v) is 3.63. The molecular formula is C21H36ClP. The average molecular weight is 355 g/mol. The Kier molecular flexibility index (Phi) is 13.9. The molecule has 0 radical (unpaired) electrons. The normalized spacial score (nSPS) is 11.7. The molecule has 0 bridgehead atoms. The predicted molar refractivity (Wildman–Crippen MR) is 112 cm³/mol. The third kappa shape index (κ3) is 8.37. The van der Waals surface area contributed by atoms with Crippen molar-refractivity contribution in [1.29, 1.82) is 0 Å². The Bertz CT molecular complexity index is 415. The van der Waals surface area contributed by atoms with Crippen molar-refractivity contribution in [3.05, 3.63) is 47.0 Å². The fraction of sp³-hybridized carbons (Fsp3) is 0.619. The first kappa shape index (κ1) is 22.7. The first-order valence-electron chi connectivity index (χ1n) is 9.25. The van der Waals surface area contributed by atoms with E-state index < -0.39 is 0 Å². The van der Waals surface area contributed by atoms with E-state index in [-0.39, 0.29) is 12.4 Å². The summed E-state index contributed by atoms with van der Waals surface area (Å²) in [6.45, 7) is 6.91. The van der Waals surface area contributed by atoms with Gasteiger partial charge in [-0.1, -0.05) is 81.5 Å². The van der Waals surface area contributed by atoms with Crippen molar-refractivity contribution in [2.45, 2.75) is 84.2 Å². The minimum Gasteiger partial charge on any atom is -0.147 e. The summed E-state index contributed by atoms with van der Waals surface area (Å²) in [5.74, 6) is 0. The summed E-state index contributed by atoms with van der Waals surface area (Å²) in [6, 6.07) is 11.0. The third-order valence-corrected chi connectivity index (χ3v) is 5.24. The van der Waals surface area contributed by atoms with Crippen LogP contribution in [0.15, 0.2) is 41.5 Å². The van der Waals surface area contributed by atoms with Crippen LogP contribution in [0.1, 0.15) is 89.8 Å². The number of hydrogen-bond acceptors (Lipinski definition) is 0. The summed E-state index contributed by atoms with van der Waals surface area (Å²) >= 11 is 0. The van der Waals surface area contributed by atoms with Gasteiger partial charge in [-0.3, -0.25) is 0 Å². The first-order valence-corrected chi connectivity index (χ1v) is 9.92. The number of hydrogen-bond donors (Lipinski definition) is 0. The Morgan fingerprint density at radius 2 is 1.30 bits per heavy atom. The minimum atomic E-state index is 0. The van der Waals surface area contributed by atoms with Crippen LogP contribution in [0.2, 0.25) is 0 Å². The van der Waals surface area contributed by atoms with Gasteiger partial charge in [0.05, 0.1) is 0 Å². The lowest BCUT2D eigenvalue weighted by Crippen LogP contribution is -2.02. The van der Waals surface area contributed by atoms with Gasteiger partial charge in [0.25, 0.3) is 0 Å². The molecule has 0 aliphatic heterocycles. The summed E-state index contributed by atoms with van der Waals surface area (Å²) in [6.07, 6.45) is 11.7. The number of unbranched alkanes of at least 4 members (excludes halogenated alkanes) is 3. The van der Waals surface area contributed by atoms with Crippen molar-refractivity contribution in [2.75, 3.05) is 0 Å². The Balaban J connectivity index is 0.00000484. The summed E-state index contributed by atoms with van der Waals surface area (Å²) in [5.41, 5.74) is 5.40. The van der Waals surface area contributed by atoms with Gasteiger partial charge >= 0.3 is 0 Å². The molecule has 0 amide bonds. The highest BCUT2D eigenvalue weighted by Crippen LogP contribution is 2.38. The third-order valence-electron chi connectivity index (χ3n) is 4.45. The summed E-state index contributed by atoms with van der Waals surface area (Å²) in [5, 5.41) is 0. The zero-order valence-electron chi connectivity index (χ0n) is 15.3. The van der Waals surface area contributed by atoms with Crippen LogP contribution in [0.3, 0.4) is 0 Å². The Morgan fingerprint density at radius 3 is 1.78 bits per heavy atom. The van der Waals surface area contributed by atoms with E-state index in [1.165, 1.54) is 63.4 Å². The lowest BCUT2D eigenvalue weighted by molar-refractivity contribution is 0.677. The lowest BCUT2D eigenvalue weighted by Gasteiger charge is -2.22. The molecule has 0 saturated carbocycles. The second-order valence-corrected chi connectivity index (χ2v) is 6.99. The first-order chi connectivity index (χ1) is 10.7. The molecule has 0 heterocycles. The maximum Gasteiger partial charge on any atom is 0.0195 e. The molecule has 0 spiro atoms. The molecular weight excluding hydrogens is 319 g/mol. The van der Waals surface area contributed by atoms with Gasteiger partial charge in [-0.2, -0.15) is 0 Å². The van der Waals surface area contributed by atoms with Gasteiger partial charge in [0.1, 0.15) is 0 Å². The molecule has 0 aliphatic carbocycles. The van der Waals surface area contributed by atoms with E-state index in [1.807, 2.05) is 0 Å². The molecule has 0 fully saturated rings. The molecule has 0 aliphatic rings. The van der Waals surface area contributed by atoms with Crippen molar-refractivity contribution in [3.63, 3.8) is 0 Å². The molecule has 2 unspecified atom stereocenters. The molecule has 0 nitrogen and oxygen atoms in total. The largest absolute Gasteiger partial charge is 0.147 e. The predicted octanol–water partition coefficient (Wildman–Crippen LogP) is 7.89. The van der Waals surface area contributed by atoms with Crippen molar-refractivity contribution >= 4 is 21.6 Å². The molecule has 132 valence electrons. The zero-order valence-corrected chi connectivity index (χ0v) is 17.3. The van der Waals surface area contributed by atoms with Crippen LogP contribution in [-0.4, -0.2) is 0 Å². The van der Waals surface area contributed by atoms with Gasteiger partial charge in [-0.15, -0.1) is 21.6 Å². The molecule has 0 saturated heterocycles. The SMILES string of the molecule is CCCCC(CCCC)=C(CCCC)C(P)c1ccccc1.Cl. The standard InChI is InChI=1S/C21H35P.ClH/c1-4-7-13-18(14-8-5-2)20(17-9-6-3)21(22)19-15-11-10-12-16-19;/h10-12,15-16,21H,4-9,13-14,17,22H2,1-3H3;1H. The van der Waals surface area contributed by atoms with Gasteiger partial charge in [-0.25, -0.2) is 0 Å². The van der Waals surface area contributed by atoms with Gasteiger partial charge in [0.15, 0.2) is 0 Å². The second-order valence-electron chi connectivity index (χ2n) is 6.33. The van der Waals surface area contributed by atoms with Crippen LogP contribution in [0, 0.1) is 0 Å². The second kappa shape index (κ2) is 14.1. The van der Waals surface area contributed by atoms with Crippen LogP contribution in [-0.2, 0) is 0 Å². The number of allylic oxidation sites excluding steroid dienone is 2. The average Bonchev–Trinajstić information content (AvgIpc) is 2.57. The van der Waals surface area contributed by atoms with Crippen molar-refractivity contribution in [3.8, 4) is 0 Å². The van der Waals surface area contributed by atoms with Crippen LogP contribution in [0.4, 0.5) is 0 Å². The Hall–Kier alpha value is -0.320. The molecule has 1 aromatic carbocycles. The highest BCUT2D eigenvalue weighted by atomic mass is 35.5. The highest BCUT2D eigenvalue weighted by Gasteiger charge is 2.15. The Labute approximate surface area is 153 Å². The van der Waals surface area contributed by atoms with E-state index >= 15 is 0 Å². The summed E-state index contributed by atoms with van der Waals surface area (Å²) < 4.78 is 0. The van der Waals surface area contributed by atoms with Gasteiger partial charge in [0.2, 0.25) is 0 Å². The van der Waals surface area contributed by atoms with Crippen molar-refractivity contribution < 1.29 is 0 Å². The molecule has 0 N–H and O–H groups in total. The van der Waals surface area contributed by atoms with Crippen LogP contribution in [0.5, 0.6) is 0 Å². The van der Waals surface area contributed by atoms with E-state index in [4.69, 9.17) is 0 Å². The van der Waals surface area contributed by atoms with E-state index in [2.05, 4.69) is 60.3 Å². The Morgan fingerprint density at radius 1 is 0.826 bits per heavy atom. The van der Waals surface area contributed by atoms with Gasteiger partial charge in [0, 0.05) is 5.66 Å². The molecule has 1 rings (SSSR count). The van der Waals surface area contributed by atoms with E-state index in [1.54, 1.807) is 11.1 Å². The zero-order chi connectivity index (χ0) is 16.2. The molecule has 0 aromatic heterocycles. The maximum atomic E-state index is 3.12. The summed E-state index contributed by atoms with van der Waals surface area (Å²) in [4.78, 5) is 0. The van der Waals surface area contributed by atoms with Gasteiger partial charge in [-0.05, 0) is 44.1 Å². The maximum absolute atomic E-state index is 3.12. The van der Waals surface area contributed by atoms with Gasteiger partial charge < -0.3 is 0 Å². The molecule has 23 heavy (non-hydrogen) atoms. The van der Waals surface area contributed by atoms with Crippen LogP contribution < -0.4 is 0 Å². The quantitative estimate of drug-likeness (QED) is 0.280. The highest BCUT2D eigenvalue weighted by molar-refractivity contribution is 7.17. The monoisotopic (exact) mass is 354 g/mol. The molecule has 1 aromatic rings. The molecule has 2 heteroatoms. The van der Waals surface area contributed by atoms with Crippen LogP contribution in [0.25, 0.3) is 0 Å².